The third-order valence-electron chi connectivity index (χ3n) is 4.72. The van der Waals surface area contributed by atoms with E-state index in [1.807, 2.05) is 37.2 Å². The van der Waals surface area contributed by atoms with Gasteiger partial charge in [0.15, 0.2) is 0 Å². The van der Waals surface area contributed by atoms with Gasteiger partial charge in [0.05, 0.1) is 11.4 Å². The molecule has 1 aliphatic carbocycles. The molecule has 0 fully saturated rings. The van der Waals surface area contributed by atoms with Crippen molar-refractivity contribution in [2.45, 2.75) is 30.6 Å². The van der Waals surface area contributed by atoms with Gasteiger partial charge < -0.3 is 10.2 Å². The molecule has 2 N–H and O–H groups in total. The molecule has 0 spiro atoms. The first-order valence-corrected chi connectivity index (χ1v) is 10.5. The number of sulfonamides is 1. The van der Waals surface area contributed by atoms with Crippen LogP contribution in [0.4, 0.5) is 11.4 Å². The average Bonchev–Trinajstić information content (AvgIpc) is 2.66. The molecule has 0 aliphatic heterocycles. The van der Waals surface area contributed by atoms with Crippen molar-refractivity contribution in [2.24, 2.45) is 0 Å². The van der Waals surface area contributed by atoms with Gasteiger partial charge in [0, 0.05) is 25.5 Å². The average molecular weight is 388 g/mol. The van der Waals surface area contributed by atoms with Crippen LogP contribution < -0.4 is 14.9 Å². The Labute approximate surface area is 160 Å². The number of carbonyl (C=O) groups is 1. The summed E-state index contributed by atoms with van der Waals surface area (Å²) in [7, 11) is 0.151. The molecule has 3 rings (SSSR count). The third kappa shape index (κ3) is 4.87. The number of hydrogen-bond acceptors (Lipinski definition) is 4. The fourth-order valence-corrected chi connectivity index (χ4v) is 4.20. The van der Waals surface area contributed by atoms with Crippen molar-refractivity contribution in [3.63, 3.8) is 0 Å². The van der Waals surface area contributed by atoms with Gasteiger partial charge in [-0.3, -0.25) is 4.79 Å². The Kier molecular flexibility index (Phi) is 5.82. The highest BCUT2D eigenvalue weighted by molar-refractivity contribution is 7.89. The zero-order valence-corrected chi connectivity index (χ0v) is 16.5. The highest BCUT2D eigenvalue weighted by Crippen LogP contribution is 2.24. The minimum Gasteiger partial charge on any atom is -0.378 e. The summed E-state index contributed by atoms with van der Waals surface area (Å²) in [6, 6.07) is 12.6. The molecule has 0 unspecified atom stereocenters. The van der Waals surface area contributed by atoms with Gasteiger partial charge >= 0.3 is 0 Å². The van der Waals surface area contributed by atoms with Gasteiger partial charge in [0.1, 0.15) is 0 Å². The summed E-state index contributed by atoms with van der Waals surface area (Å²) in [4.78, 5) is 14.3. The predicted molar refractivity (Wildman–Crippen MR) is 108 cm³/mol. The van der Waals surface area contributed by atoms with Crippen molar-refractivity contribution in [2.75, 3.05) is 30.9 Å². The van der Waals surface area contributed by atoms with Crippen LogP contribution >= 0.6 is 0 Å². The van der Waals surface area contributed by atoms with Gasteiger partial charge in [-0.15, -0.1) is 0 Å². The highest BCUT2D eigenvalue weighted by atomic mass is 32.2. The number of rotatable bonds is 6. The molecular formula is C20H25N3O3S. The molecule has 27 heavy (non-hydrogen) atoms. The maximum atomic E-state index is 12.5. The smallest absolute Gasteiger partial charge is 0.241 e. The van der Waals surface area contributed by atoms with E-state index in [0.717, 1.165) is 36.9 Å². The SMILES string of the molecule is CN(C)c1ccc(NC(=O)CNS(=O)(=O)c2ccc3c(c2)CCCC3)cc1. The Morgan fingerprint density at radius 2 is 1.67 bits per heavy atom. The van der Waals surface area contributed by atoms with Crippen molar-refractivity contribution >= 4 is 27.3 Å². The number of fused-ring (bicyclic) bond motifs is 1. The number of hydrogen-bond donors (Lipinski definition) is 2. The van der Waals surface area contributed by atoms with Crippen LogP contribution in [0.2, 0.25) is 0 Å². The lowest BCUT2D eigenvalue weighted by Crippen LogP contribution is -2.33. The Bertz CT molecular complexity index is 922. The quantitative estimate of drug-likeness (QED) is 0.798. The number of aryl methyl sites for hydroxylation is 2. The topological polar surface area (TPSA) is 78.5 Å². The van der Waals surface area contributed by atoms with E-state index < -0.39 is 15.9 Å². The number of benzene rings is 2. The molecule has 0 saturated carbocycles. The number of carbonyl (C=O) groups excluding carboxylic acids is 1. The number of nitrogens with one attached hydrogen (secondary N) is 2. The zero-order chi connectivity index (χ0) is 19.4. The van der Waals surface area contributed by atoms with E-state index in [9.17, 15) is 13.2 Å². The van der Waals surface area contributed by atoms with Crippen LogP contribution in [0.25, 0.3) is 0 Å². The lowest BCUT2D eigenvalue weighted by molar-refractivity contribution is -0.115. The first kappa shape index (κ1) is 19.4. The molecule has 0 saturated heterocycles. The van der Waals surface area contributed by atoms with Gasteiger partial charge in [-0.25, -0.2) is 13.1 Å². The summed E-state index contributed by atoms with van der Waals surface area (Å²) in [6.07, 6.45) is 4.13. The second-order valence-electron chi connectivity index (χ2n) is 6.95. The van der Waals surface area contributed by atoms with Crippen LogP contribution in [0, 0.1) is 0 Å². The fourth-order valence-electron chi connectivity index (χ4n) is 3.17. The summed E-state index contributed by atoms with van der Waals surface area (Å²) in [5, 5.41) is 2.70. The Hall–Kier alpha value is -2.38. The van der Waals surface area contributed by atoms with E-state index in [1.54, 1.807) is 24.3 Å². The highest BCUT2D eigenvalue weighted by Gasteiger charge is 2.18. The first-order chi connectivity index (χ1) is 12.8. The Morgan fingerprint density at radius 3 is 2.33 bits per heavy atom. The molecule has 7 heteroatoms. The van der Waals surface area contributed by atoms with Gasteiger partial charge in [-0.1, -0.05) is 6.07 Å². The molecule has 0 bridgehead atoms. The van der Waals surface area contributed by atoms with Crippen LogP contribution in [-0.2, 0) is 27.7 Å². The van der Waals surface area contributed by atoms with Gasteiger partial charge in [0.25, 0.3) is 0 Å². The summed E-state index contributed by atoms with van der Waals surface area (Å²) < 4.78 is 27.4. The van der Waals surface area contributed by atoms with Crippen molar-refractivity contribution in [3.05, 3.63) is 53.6 Å². The third-order valence-corrected chi connectivity index (χ3v) is 6.12. The zero-order valence-electron chi connectivity index (χ0n) is 15.7. The maximum absolute atomic E-state index is 12.5. The number of nitrogens with zero attached hydrogens (tertiary/aromatic N) is 1. The van der Waals surface area contributed by atoms with Crippen LogP contribution in [0.15, 0.2) is 47.4 Å². The molecule has 0 aromatic heterocycles. The van der Waals surface area contributed by atoms with E-state index in [1.165, 1.54) is 5.56 Å². The molecule has 0 radical (unpaired) electrons. The summed E-state index contributed by atoms with van der Waals surface area (Å²) in [5.41, 5.74) is 3.95. The second-order valence-corrected chi connectivity index (χ2v) is 8.72. The molecule has 1 amide bonds. The van der Waals surface area contributed by atoms with Crippen LogP contribution in [-0.4, -0.2) is 35.0 Å². The van der Waals surface area contributed by atoms with E-state index in [4.69, 9.17) is 0 Å². The fraction of sp³-hybridized carbons (Fsp3) is 0.350. The number of anilines is 2. The van der Waals surface area contributed by atoms with Crippen molar-refractivity contribution < 1.29 is 13.2 Å². The van der Waals surface area contributed by atoms with E-state index in [0.29, 0.717) is 5.69 Å². The molecule has 6 nitrogen and oxygen atoms in total. The maximum Gasteiger partial charge on any atom is 0.241 e. The molecule has 0 atom stereocenters. The van der Waals surface area contributed by atoms with Crippen molar-refractivity contribution in [1.29, 1.82) is 0 Å². The van der Waals surface area contributed by atoms with Crippen LogP contribution in [0.5, 0.6) is 0 Å². The van der Waals surface area contributed by atoms with Crippen molar-refractivity contribution in [1.82, 2.24) is 4.72 Å². The summed E-state index contributed by atoms with van der Waals surface area (Å²) >= 11 is 0. The second kappa shape index (κ2) is 8.10. The van der Waals surface area contributed by atoms with Crippen LogP contribution in [0.1, 0.15) is 24.0 Å². The molecule has 1 aliphatic rings. The van der Waals surface area contributed by atoms with E-state index >= 15 is 0 Å². The van der Waals surface area contributed by atoms with Gasteiger partial charge in [0.2, 0.25) is 15.9 Å². The van der Waals surface area contributed by atoms with E-state index in [2.05, 4.69) is 10.0 Å². The molecule has 0 heterocycles. The van der Waals surface area contributed by atoms with Gasteiger partial charge in [-0.05, 0) is 73.2 Å². The summed E-state index contributed by atoms with van der Waals surface area (Å²) in [5.74, 6) is -0.408. The molecule has 2 aromatic carbocycles. The predicted octanol–water partition coefficient (Wildman–Crippen LogP) is 2.55. The lowest BCUT2D eigenvalue weighted by Gasteiger charge is -2.16. The molecular weight excluding hydrogens is 362 g/mol. The molecule has 144 valence electrons. The standard InChI is InChI=1S/C20H25N3O3S/c1-23(2)18-10-8-17(9-11-18)22-20(24)14-21-27(25,26)19-12-7-15-5-3-4-6-16(15)13-19/h7-13,21H,3-6,14H2,1-2H3,(H,22,24). The minimum atomic E-state index is -3.72. The Balaban J connectivity index is 1.60. The normalized spacial score (nSPS) is 13.7. The monoisotopic (exact) mass is 387 g/mol. The van der Waals surface area contributed by atoms with E-state index in [-0.39, 0.29) is 11.4 Å². The van der Waals surface area contributed by atoms with Crippen LogP contribution in [0.3, 0.4) is 0 Å². The molecule has 2 aromatic rings. The lowest BCUT2D eigenvalue weighted by atomic mass is 9.92. The number of amides is 1. The minimum absolute atomic E-state index is 0.214. The Morgan fingerprint density at radius 1 is 1.00 bits per heavy atom. The van der Waals surface area contributed by atoms with Crippen molar-refractivity contribution in [3.8, 4) is 0 Å². The first-order valence-electron chi connectivity index (χ1n) is 9.04. The van der Waals surface area contributed by atoms with Gasteiger partial charge in [-0.2, -0.15) is 0 Å². The summed E-state index contributed by atoms with van der Waals surface area (Å²) in [6.45, 7) is -0.311. The largest absolute Gasteiger partial charge is 0.378 e.